The van der Waals surface area contributed by atoms with Crippen LogP contribution in [0.5, 0.6) is 0 Å². The average Bonchev–Trinajstić information content (AvgIpc) is 2.41. The van der Waals surface area contributed by atoms with Gasteiger partial charge in [0.2, 0.25) is 0 Å². The second kappa shape index (κ2) is 6.22. The molecule has 1 nitrogen and oxygen atoms in total. The molecule has 0 unspecified atom stereocenters. The molecule has 0 aliphatic carbocycles. The molecule has 0 atom stereocenters. The molecule has 110 valence electrons. The molecule has 0 heterocycles. The fourth-order valence-electron chi connectivity index (χ4n) is 1.58. The van der Waals surface area contributed by atoms with Crippen LogP contribution in [0.25, 0.3) is 6.08 Å². The van der Waals surface area contributed by atoms with Crippen LogP contribution in [-0.2, 0) is 6.18 Å². The van der Waals surface area contributed by atoms with Gasteiger partial charge in [-0.15, -0.1) is 0 Å². The van der Waals surface area contributed by atoms with E-state index in [9.17, 15) is 17.6 Å². The molecule has 0 spiro atoms. The van der Waals surface area contributed by atoms with E-state index in [1.165, 1.54) is 18.2 Å². The van der Waals surface area contributed by atoms with E-state index in [2.05, 4.69) is 0 Å². The Hall–Kier alpha value is -1.95. The Labute approximate surface area is 123 Å². The molecule has 2 aromatic carbocycles. The first-order chi connectivity index (χ1) is 9.84. The number of halogens is 4. The molecular formula is C15H11F4NS. The summed E-state index contributed by atoms with van der Waals surface area (Å²) in [6.07, 6.45) is -3.21. The Morgan fingerprint density at radius 2 is 1.52 bits per heavy atom. The van der Waals surface area contributed by atoms with Crippen LogP contribution in [-0.4, -0.2) is 0 Å². The molecule has 0 aromatic heterocycles. The summed E-state index contributed by atoms with van der Waals surface area (Å²) in [4.78, 5) is 0.657. The number of anilines is 1. The molecule has 0 fully saturated rings. The Balaban J connectivity index is 2.10. The predicted molar refractivity (Wildman–Crippen MR) is 77.2 cm³/mol. The van der Waals surface area contributed by atoms with Gasteiger partial charge in [0.1, 0.15) is 0 Å². The lowest BCUT2D eigenvalue weighted by atomic mass is 10.1. The first-order valence-electron chi connectivity index (χ1n) is 5.92. The van der Waals surface area contributed by atoms with Crippen molar-refractivity contribution in [3.05, 3.63) is 64.8 Å². The lowest BCUT2D eigenvalue weighted by molar-refractivity contribution is -0.137. The Morgan fingerprint density at radius 1 is 0.952 bits per heavy atom. The minimum Gasteiger partial charge on any atom is -0.399 e. The fourth-order valence-corrected chi connectivity index (χ4v) is 2.27. The quantitative estimate of drug-likeness (QED) is 0.470. The lowest BCUT2D eigenvalue weighted by Gasteiger charge is -2.06. The number of rotatable bonds is 3. The van der Waals surface area contributed by atoms with Gasteiger partial charge in [-0.05, 0) is 48.0 Å². The predicted octanol–water partition coefficient (Wildman–Crippen LogP) is 5.35. The molecule has 2 N–H and O–H groups in total. The van der Waals surface area contributed by atoms with E-state index in [0.717, 1.165) is 23.9 Å². The van der Waals surface area contributed by atoms with E-state index in [1.807, 2.05) is 0 Å². The van der Waals surface area contributed by atoms with Crippen molar-refractivity contribution in [3.8, 4) is 0 Å². The monoisotopic (exact) mass is 313 g/mol. The number of thioether (sulfide) groups is 1. The Kier molecular flexibility index (Phi) is 4.57. The van der Waals surface area contributed by atoms with Crippen molar-refractivity contribution >= 4 is 23.5 Å². The Morgan fingerprint density at radius 3 is 2.05 bits per heavy atom. The van der Waals surface area contributed by atoms with E-state index in [-0.39, 0.29) is 0 Å². The largest absolute Gasteiger partial charge is 0.416 e. The van der Waals surface area contributed by atoms with Crippen LogP contribution >= 0.6 is 11.8 Å². The molecule has 0 radical (unpaired) electrons. The smallest absolute Gasteiger partial charge is 0.399 e. The van der Waals surface area contributed by atoms with E-state index < -0.39 is 16.9 Å². The third kappa shape index (κ3) is 4.53. The lowest BCUT2D eigenvalue weighted by Crippen LogP contribution is -2.03. The highest BCUT2D eigenvalue weighted by molar-refractivity contribution is 8.03. The summed E-state index contributed by atoms with van der Waals surface area (Å²) in [5.41, 5.74) is 5.70. The van der Waals surface area contributed by atoms with Crippen LogP contribution < -0.4 is 5.73 Å². The van der Waals surface area contributed by atoms with Crippen LogP contribution in [0, 0.1) is 0 Å². The van der Waals surface area contributed by atoms with Crippen LogP contribution in [0.1, 0.15) is 11.1 Å². The third-order valence-corrected chi connectivity index (χ3v) is 3.43. The second-order valence-corrected chi connectivity index (χ2v) is 5.30. The van der Waals surface area contributed by atoms with Gasteiger partial charge in [-0.2, -0.15) is 17.6 Å². The van der Waals surface area contributed by atoms with E-state index >= 15 is 0 Å². The third-order valence-electron chi connectivity index (χ3n) is 2.61. The summed E-state index contributed by atoms with van der Waals surface area (Å²) in [6.45, 7) is 0. The van der Waals surface area contributed by atoms with Crippen LogP contribution in [0.15, 0.2) is 58.6 Å². The maximum absolute atomic E-state index is 13.8. The van der Waals surface area contributed by atoms with Crippen molar-refractivity contribution in [1.82, 2.24) is 0 Å². The van der Waals surface area contributed by atoms with Gasteiger partial charge in [0.25, 0.3) is 0 Å². The highest BCUT2D eigenvalue weighted by Gasteiger charge is 2.29. The molecule has 2 rings (SSSR count). The van der Waals surface area contributed by atoms with E-state index in [1.54, 1.807) is 24.3 Å². The minimum atomic E-state index is -4.39. The minimum absolute atomic E-state index is 0.364. The van der Waals surface area contributed by atoms with Crippen LogP contribution in [0.3, 0.4) is 0 Å². The summed E-state index contributed by atoms with van der Waals surface area (Å²) >= 11 is 0.874. The second-order valence-electron chi connectivity index (χ2n) is 4.24. The van der Waals surface area contributed by atoms with Crippen molar-refractivity contribution in [2.24, 2.45) is 0 Å². The van der Waals surface area contributed by atoms with Crippen LogP contribution in [0.2, 0.25) is 0 Å². The number of nitrogen functional groups attached to an aromatic ring is 1. The van der Waals surface area contributed by atoms with Crippen molar-refractivity contribution in [3.63, 3.8) is 0 Å². The summed E-state index contributed by atoms with van der Waals surface area (Å²) in [6, 6.07) is 10.9. The number of hydrogen-bond acceptors (Lipinski definition) is 2. The van der Waals surface area contributed by atoms with Gasteiger partial charge >= 0.3 is 6.18 Å². The molecule has 0 bridgehead atoms. The van der Waals surface area contributed by atoms with Crippen molar-refractivity contribution in [2.45, 2.75) is 11.1 Å². The number of hydrogen-bond donors (Lipinski definition) is 1. The fraction of sp³-hybridized carbons (Fsp3) is 0.0667. The summed E-state index contributed by atoms with van der Waals surface area (Å²) in [7, 11) is 0. The van der Waals surface area contributed by atoms with Gasteiger partial charge in [-0.1, -0.05) is 23.9 Å². The normalized spacial score (nSPS) is 12.5. The molecule has 6 heteroatoms. The number of benzene rings is 2. The molecule has 0 saturated carbocycles. The highest BCUT2D eigenvalue weighted by Crippen LogP contribution is 2.31. The number of alkyl halides is 3. The maximum Gasteiger partial charge on any atom is 0.416 e. The van der Waals surface area contributed by atoms with Crippen molar-refractivity contribution in [2.75, 3.05) is 5.73 Å². The molecule has 0 aliphatic heterocycles. The molecule has 0 amide bonds. The first kappa shape index (κ1) is 15.4. The zero-order valence-corrected chi connectivity index (χ0v) is 11.5. The van der Waals surface area contributed by atoms with Crippen molar-refractivity contribution in [1.29, 1.82) is 0 Å². The summed E-state index contributed by atoms with van der Waals surface area (Å²) in [5.74, 6) is 0. The zero-order chi connectivity index (χ0) is 15.5. The maximum atomic E-state index is 13.8. The van der Waals surface area contributed by atoms with Crippen molar-refractivity contribution < 1.29 is 17.6 Å². The highest BCUT2D eigenvalue weighted by atomic mass is 32.2. The topological polar surface area (TPSA) is 26.0 Å². The SMILES string of the molecule is Nc1ccc(S/C(F)=C/c2ccc(C(F)(F)F)cc2)cc1. The summed E-state index contributed by atoms with van der Waals surface area (Å²) in [5, 5.41) is -0.514. The Bertz CT molecular complexity index is 630. The van der Waals surface area contributed by atoms with E-state index in [0.29, 0.717) is 16.1 Å². The van der Waals surface area contributed by atoms with Crippen LogP contribution in [0.4, 0.5) is 23.2 Å². The molecule has 0 saturated heterocycles. The molecule has 0 aliphatic rings. The summed E-state index contributed by atoms with van der Waals surface area (Å²) < 4.78 is 51.0. The standard InChI is InChI=1S/C15H11F4NS/c16-14(21-13-7-5-12(20)6-8-13)9-10-1-3-11(4-2-10)15(17,18)19/h1-9H,20H2/b14-9+. The molecule has 21 heavy (non-hydrogen) atoms. The van der Waals surface area contributed by atoms with Gasteiger partial charge in [0.15, 0.2) is 5.16 Å². The van der Waals surface area contributed by atoms with Gasteiger partial charge in [-0.25, -0.2) is 0 Å². The molecular weight excluding hydrogens is 302 g/mol. The average molecular weight is 313 g/mol. The molecule has 2 aromatic rings. The van der Waals surface area contributed by atoms with Gasteiger partial charge in [0.05, 0.1) is 5.56 Å². The number of nitrogens with two attached hydrogens (primary N) is 1. The zero-order valence-electron chi connectivity index (χ0n) is 10.7. The first-order valence-corrected chi connectivity index (χ1v) is 6.74. The van der Waals surface area contributed by atoms with E-state index in [4.69, 9.17) is 5.73 Å². The van der Waals surface area contributed by atoms with Gasteiger partial charge in [-0.3, -0.25) is 0 Å². The van der Waals surface area contributed by atoms with Gasteiger partial charge in [0, 0.05) is 10.6 Å². The van der Waals surface area contributed by atoms with Gasteiger partial charge < -0.3 is 5.73 Å².